The number of ether oxygens (including phenoxy) is 1. The number of benzene rings is 1. The average molecular weight is 290 g/mol. The molecule has 0 fully saturated rings. The SMILES string of the molecule is COc1ccc2cc(CSCCC(C)C)c(N)nc2c1. The lowest BCUT2D eigenvalue weighted by atomic mass is 10.1. The van der Waals surface area contributed by atoms with Gasteiger partial charge in [0.05, 0.1) is 12.6 Å². The van der Waals surface area contributed by atoms with E-state index in [1.165, 1.54) is 6.42 Å². The molecule has 0 saturated carbocycles. The Hall–Kier alpha value is -1.42. The monoisotopic (exact) mass is 290 g/mol. The third-order valence-electron chi connectivity index (χ3n) is 3.23. The Bertz CT molecular complexity index is 584. The minimum absolute atomic E-state index is 0.628. The summed E-state index contributed by atoms with van der Waals surface area (Å²) in [6, 6.07) is 8.04. The summed E-state index contributed by atoms with van der Waals surface area (Å²) in [7, 11) is 1.66. The first-order valence-corrected chi connectivity index (χ1v) is 8.06. The lowest BCUT2D eigenvalue weighted by molar-refractivity contribution is 0.415. The van der Waals surface area contributed by atoms with Crippen molar-refractivity contribution in [3.63, 3.8) is 0 Å². The van der Waals surface area contributed by atoms with Gasteiger partial charge in [-0.25, -0.2) is 4.98 Å². The molecule has 1 aromatic carbocycles. The van der Waals surface area contributed by atoms with Crippen LogP contribution in [0.5, 0.6) is 5.75 Å². The largest absolute Gasteiger partial charge is 0.497 e. The molecule has 0 unspecified atom stereocenters. The van der Waals surface area contributed by atoms with Crippen LogP contribution in [0.1, 0.15) is 25.8 Å². The normalized spacial score (nSPS) is 11.2. The molecule has 0 aliphatic rings. The second-order valence-corrected chi connectivity index (χ2v) is 6.43. The van der Waals surface area contributed by atoms with Crippen LogP contribution >= 0.6 is 11.8 Å². The van der Waals surface area contributed by atoms with Crippen molar-refractivity contribution in [3.05, 3.63) is 29.8 Å². The Morgan fingerprint density at radius 1 is 1.30 bits per heavy atom. The van der Waals surface area contributed by atoms with E-state index < -0.39 is 0 Å². The van der Waals surface area contributed by atoms with Crippen LogP contribution in [0.25, 0.3) is 10.9 Å². The summed E-state index contributed by atoms with van der Waals surface area (Å²) in [4.78, 5) is 4.48. The molecule has 1 aromatic heterocycles. The zero-order valence-corrected chi connectivity index (χ0v) is 13.2. The molecule has 2 rings (SSSR count). The number of fused-ring (bicyclic) bond motifs is 1. The van der Waals surface area contributed by atoms with Crippen molar-refractivity contribution >= 4 is 28.5 Å². The molecule has 4 heteroatoms. The molecule has 2 aromatic rings. The Morgan fingerprint density at radius 3 is 2.80 bits per heavy atom. The van der Waals surface area contributed by atoms with Crippen LogP contribution in [0.15, 0.2) is 24.3 Å². The number of hydrogen-bond acceptors (Lipinski definition) is 4. The van der Waals surface area contributed by atoms with E-state index in [-0.39, 0.29) is 0 Å². The summed E-state index contributed by atoms with van der Waals surface area (Å²) in [6.45, 7) is 4.50. The van der Waals surface area contributed by atoms with Gasteiger partial charge in [-0.2, -0.15) is 11.8 Å². The Labute approximate surface area is 124 Å². The van der Waals surface area contributed by atoms with Crippen molar-refractivity contribution < 1.29 is 4.74 Å². The van der Waals surface area contributed by atoms with E-state index in [9.17, 15) is 0 Å². The molecule has 0 saturated heterocycles. The van der Waals surface area contributed by atoms with Crippen LogP contribution in [0, 0.1) is 5.92 Å². The predicted octanol–water partition coefficient (Wildman–Crippen LogP) is 4.10. The highest BCUT2D eigenvalue weighted by Crippen LogP contribution is 2.25. The van der Waals surface area contributed by atoms with E-state index >= 15 is 0 Å². The summed E-state index contributed by atoms with van der Waals surface area (Å²) >= 11 is 1.92. The fourth-order valence-electron chi connectivity index (χ4n) is 1.95. The van der Waals surface area contributed by atoms with Gasteiger partial charge in [0, 0.05) is 22.8 Å². The molecular formula is C16H22N2OS. The van der Waals surface area contributed by atoms with Crippen LogP contribution < -0.4 is 10.5 Å². The minimum atomic E-state index is 0.628. The van der Waals surface area contributed by atoms with Crippen LogP contribution in [-0.4, -0.2) is 17.8 Å². The molecular weight excluding hydrogens is 268 g/mol. The number of thioether (sulfide) groups is 1. The van der Waals surface area contributed by atoms with Gasteiger partial charge in [0.2, 0.25) is 0 Å². The van der Waals surface area contributed by atoms with Crippen LogP contribution in [0.2, 0.25) is 0 Å². The van der Waals surface area contributed by atoms with Gasteiger partial charge in [-0.3, -0.25) is 0 Å². The van der Waals surface area contributed by atoms with E-state index in [0.717, 1.165) is 39.6 Å². The molecule has 0 amide bonds. The Morgan fingerprint density at radius 2 is 2.10 bits per heavy atom. The fourth-order valence-corrected chi connectivity index (χ4v) is 3.18. The Balaban J connectivity index is 2.12. The number of anilines is 1. The number of pyridine rings is 1. The van der Waals surface area contributed by atoms with Gasteiger partial charge in [0.1, 0.15) is 11.6 Å². The molecule has 0 atom stereocenters. The highest BCUT2D eigenvalue weighted by Gasteiger charge is 2.06. The smallest absolute Gasteiger partial charge is 0.128 e. The van der Waals surface area contributed by atoms with E-state index in [2.05, 4.69) is 24.9 Å². The molecule has 0 bridgehead atoms. The van der Waals surface area contributed by atoms with Crippen molar-refractivity contribution in [3.8, 4) is 5.75 Å². The number of nitrogen functional groups attached to an aromatic ring is 1. The first-order valence-electron chi connectivity index (χ1n) is 6.91. The van der Waals surface area contributed by atoms with E-state index in [0.29, 0.717) is 5.82 Å². The summed E-state index contributed by atoms with van der Waals surface area (Å²) in [6.07, 6.45) is 1.24. The molecule has 0 radical (unpaired) electrons. The highest BCUT2D eigenvalue weighted by molar-refractivity contribution is 7.98. The number of nitrogens with zero attached hydrogens (tertiary/aromatic N) is 1. The molecule has 20 heavy (non-hydrogen) atoms. The first-order chi connectivity index (χ1) is 9.60. The summed E-state index contributed by atoms with van der Waals surface area (Å²) < 4.78 is 5.21. The van der Waals surface area contributed by atoms with Gasteiger partial charge >= 0.3 is 0 Å². The third kappa shape index (κ3) is 3.79. The van der Waals surface area contributed by atoms with Crippen molar-refractivity contribution in [2.24, 2.45) is 5.92 Å². The van der Waals surface area contributed by atoms with Gasteiger partial charge in [-0.05, 0) is 36.3 Å². The molecule has 0 aliphatic heterocycles. The lowest BCUT2D eigenvalue weighted by Gasteiger charge is -2.09. The number of rotatable bonds is 6. The zero-order chi connectivity index (χ0) is 14.5. The molecule has 3 nitrogen and oxygen atoms in total. The van der Waals surface area contributed by atoms with Gasteiger partial charge in [0.25, 0.3) is 0 Å². The number of nitrogens with two attached hydrogens (primary N) is 1. The van der Waals surface area contributed by atoms with Crippen LogP contribution in [0.3, 0.4) is 0 Å². The average Bonchev–Trinajstić information content (AvgIpc) is 2.43. The molecule has 0 spiro atoms. The van der Waals surface area contributed by atoms with E-state index in [1.807, 2.05) is 30.0 Å². The van der Waals surface area contributed by atoms with Crippen molar-refractivity contribution in [1.29, 1.82) is 0 Å². The van der Waals surface area contributed by atoms with Gasteiger partial charge in [-0.1, -0.05) is 13.8 Å². The maximum Gasteiger partial charge on any atom is 0.128 e. The quantitative estimate of drug-likeness (QED) is 0.814. The van der Waals surface area contributed by atoms with Crippen LogP contribution in [0.4, 0.5) is 5.82 Å². The van der Waals surface area contributed by atoms with Crippen molar-refractivity contribution in [2.75, 3.05) is 18.6 Å². The second kappa shape index (κ2) is 6.84. The minimum Gasteiger partial charge on any atom is -0.497 e. The summed E-state index contributed by atoms with van der Waals surface area (Å²) in [5.41, 5.74) is 8.06. The lowest BCUT2D eigenvalue weighted by Crippen LogP contribution is -1.98. The maximum atomic E-state index is 6.05. The first kappa shape index (κ1) is 15.0. The number of aromatic nitrogens is 1. The number of methoxy groups -OCH3 is 1. The number of hydrogen-bond donors (Lipinski definition) is 1. The Kier molecular flexibility index (Phi) is 5.12. The van der Waals surface area contributed by atoms with Crippen molar-refractivity contribution in [1.82, 2.24) is 4.98 Å². The molecule has 2 N–H and O–H groups in total. The van der Waals surface area contributed by atoms with Gasteiger partial charge < -0.3 is 10.5 Å². The standard InChI is InChI=1S/C16H22N2OS/c1-11(2)6-7-20-10-13-8-12-4-5-14(19-3)9-15(12)18-16(13)17/h4-5,8-9,11H,6-7,10H2,1-3H3,(H2,17,18). The molecule has 108 valence electrons. The molecule has 0 aliphatic carbocycles. The molecule has 1 heterocycles. The maximum absolute atomic E-state index is 6.05. The summed E-state index contributed by atoms with van der Waals surface area (Å²) in [5.74, 6) is 4.28. The van der Waals surface area contributed by atoms with Gasteiger partial charge in [-0.15, -0.1) is 0 Å². The van der Waals surface area contributed by atoms with E-state index in [4.69, 9.17) is 10.5 Å². The second-order valence-electron chi connectivity index (χ2n) is 5.33. The van der Waals surface area contributed by atoms with Crippen molar-refractivity contribution in [2.45, 2.75) is 26.0 Å². The third-order valence-corrected chi connectivity index (χ3v) is 4.27. The van der Waals surface area contributed by atoms with E-state index in [1.54, 1.807) is 7.11 Å². The fraction of sp³-hybridized carbons (Fsp3) is 0.438. The topological polar surface area (TPSA) is 48.1 Å². The highest BCUT2D eigenvalue weighted by atomic mass is 32.2. The zero-order valence-electron chi connectivity index (χ0n) is 12.3. The van der Waals surface area contributed by atoms with Gasteiger partial charge in [0.15, 0.2) is 0 Å². The predicted molar refractivity (Wildman–Crippen MR) is 88.3 cm³/mol. The van der Waals surface area contributed by atoms with Crippen LogP contribution in [-0.2, 0) is 5.75 Å². The summed E-state index contributed by atoms with van der Waals surface area (Å²) in [5, 5.41) is 1.11.